The van der Waals surface area contributed by atoms with Crippen molar-refractivity contribution in [2.75, 3.05) is 60.0 Å². The van der Waals surface area contributed by atoms with Gasteiger partial charge in [0.1, 0.15) is 13.0 Å². The molecule has 7 nitrogen and oxygen atoms in total. The lowest BCUT2D eigenvalue weighted by atomic mass is 10.5. The minimum absolute atomic E-state index is 0.153. The second kappa shape index (κ2) is 14.9. The van der Waals surface area contributed by atoms with E-state index >= 15 is 0 Å². The number of ether oxygens (including phenoxy) is 5. The van der Waals surface area contributed by atoms with Crippen LogP contribution in [0.25, 0.3) is 0 Å². The molecule has 0 rings (SSSR count). The summed E-state index contributed by atoms with van der Waals surface area (Å²) in [6, 6.07) is 1.71. The van der Waals surface area contributed by atoms with Crippen molar-refractivity contribution in [2.45, 2.75) is 6.42 Å². The van der Waals surface area contributed by atoms with Crippen LogP contribution < -0.4 is 0 Å². The zero-order valence-corrected chi connectivity index (χ0v) is 11.3. The molecule has 0 aliphatic rings. The SMILES string of the molecule is COCCOCCOCCOCCOC(=O)CC#N. The normalized spacial score (nSPS) is 10.1. The Kier molecular flexibility index (Phi) is 13.9. The van der Waals surface area contributed by atoms with Gasteiger partial charge in [0.15, 0.2) is 0 Å². The molecule has 0 aliphatic carbocycles. The molecule has 0 spiro atoms. The molecule has 0 aromatic rings. The number of nitrogens with zero attached hydrogens (tertiary/aromatic N) is 1. The van der Waals surface area contributed by atoms with Crippen molar-refractivity contribution < 1.29 is 28.5 Å². The van der Waals surface area contributed by atoms with Gasteiger partial charge in [0.2, 0.25) is 0 Å². The third-order valence-corrected chi connectivity index (χ3v) is 1.89. The molecule has 0 N–H and O–H groups in total. The highest BCUT2D eigenvalue weighted by Gasteiger charge is 2.00. The Morgan fingerprint density at radius 1 is 0.895 bits per heavy atom. The number of carbonyl (C=O) groups is 1. The highest BCUT2D eigenvalue weighted by atomic mass is 16.6. The van der Waals surface area contributed by atoms with Crippen molar-refractivity contribution in [1.82, 2.24) is 0 Å². The summed E-state index contributed by atoms with van der Waals surface area (Å²) in [5.74, 6) is -0.532. The fourth-order valence-corrected chi connectivity index (χ4v) is 1.01. The topological polar surface area (TPSA) is 87.0 Å². The summed E-state index contributed by atoms with van der Waals surface area (Å²) < 4.78 is 25.1. The molecule has 110 valence electrons. The third kappa shape index (κ3) is 14.7. The zero-order valence-electron chi connectivity index (χ0n) is 11.3. The highest BCUT2D eigenvalue weighted by molar-refractivity contribution is 5.71. The molecule has 7 heteroatoms. The number of carbonyl (C=O) groups excluding carboxylic acids is 1. The zero-order chi connectivity index (χ0) is 14.2. The Morgan fingerprint density at radius 3 is 1.84 bits per heavy atom. The predicted molar refractivity (Wildman–Crippen MR) is 65.5 cm³/mol. The van der Waals surface area contributed by atoms with Crippen molar-refractivity contribution in [3.8, 4) is 6.07 Å². The molecule has 0 radical (unpaired) electrons. The maximum absolute atomic E-state index is 10.8. The summed E-state index contributed by atoms with van der Waals surface area (Å²) in [4.78, 5) is 10.8. The molecule has 0 bridgehead atoms. The van der Waals surface area contributed by atoms with Gasteiger partial charge in [-0.2, -0.15) is 5.26 Å². The Morgan fingerprint density at radius 2 is 1.37 bits per heavy atom. The minimum atomic E-state index is -0.532. The van der Waals surface area contributed by atoms with Crippen LogP contribution in [0.1, 0.15) is 6.42 Å². The predicted octanol–water partition coefficient (Wildman–Crippen LogP) is 0.139. The van der Waals surface area contributed by atoms with Crippen molar-refractivity contribution >= 4 is 5.97 Å². The van der Waals surface area contributed by atoms with Gasteiger partial charge in [0.25, 0.3) is 0 Å². The molecule has 0 saturated carbocycles. The molecule has 19 heavy (non-hydrogen) atoms. The van der Waals surface area contributed by atoms with Crippen LogP contribution in [0.3, 0.4) is 0 Å². The number of methoxy groups -OCH3 is 1. The standard InChI is InChI=1S/C12H21NO6/c1-15-4-5-16-6-7-17-8-9-18-10-11-19-12(14)2-3-13/h2,4-11H2,1H3. The van der Waals surface area contributed by atoms with Crippen LogP contribution >= 0.6 is 0 Å². The van der Waals surface area contributed by atoms with Crippen LogP contribution in [0.5, 0.6) is 0 Å². The van der Waals surface area contributed by atoms with Gasteiger partial charge in [-0.3, -0.25) is 4.79 Å². The maximum Gasteiger partial charge on any atom is 0.320 e. The molecule has 0 heterocycles. The number of rotatable bonds is 13. The first kappa shape index (κ1) is 17.8. The van der Waals surface area contributed by atoms with E-state index < -0.39 is 5.97 Å². The van der Waals surface area contributed by atoms with Gasteiger partial charge in [0, 0.05) is 7.11 Å². The highest BCUT2D eigenvalue weighted by Crippen LogP contribution is 1.86. The molecule has 0 amide bonds. The van der Waals surface area contributed by atoms with E-state index in [1.165, 1.54) is 0 Å². The summed E-state index contributed by atoms with van der Waals surface area (Å²) in [5, 5.41) is 8.21. The van der Waals surface area contributed by atoms with E-state index in [1.807, 2.05) is 0 Å². The minimum Gasteiger partial charge on any atom is -0.462 e. The largest absolute Gasteiger partial charge is 0.462 e. The van der Waals surface area contributed by atoms with Gasteiger partial charge < -0.3 is 23.7 Å². The average molecular weight is 275 g/mol. The Hall–Kier alpha value is -1.20. The first-order valence-corrected chi connectivity index (χ1v) is 6.06. The number of hydrogen-bond donors (Lipinski definition) is 0. The quantitative estimate of drug-likeness (QED) is 0.349. The molecule has 0 fully saturated rings. The van der Waals surface area contributed by atoms with Crippen LogP contribution in [-0.4, -0.2) is 65.9 Å². The van der Waals surface area contributed by atoms with E-state index in [4.69, 9.17) is 28.9 Å². The number of nitriles is 1. The van der Waals surface area contributed by atoms with Gasteiger partial charge in [-0.1, -0.05) is 0 Å². The molecular weight excluding hydrogens is 254 g/mol. The molecule has 0 atom stereocenters. The van der Waals surface area contributed by atoms with Gasteiger partial charge in [-0.05, 0) is 0 Å². The first-order valence-electron chi connectivity index (χ1n) is 6.06. The van der Waals surface area contributed by atoms with E-state index in [9.17, 15) is 4.79 Å². The van der Waals surface area contributed by atoms with Gasteiger partial charge >= 0.3 is 5.97 Å². The maximum atomic E-state index is 10.8. The van der Waals surface area contributed by atoms with E-state index in [-0.39, 0.29) is 13.0 Å². The lowest BCUT2D eigenvalue weighted by molar-refractivity contribution is -0.144. The van der Waals surface area contributed by atoms with Crippen LogP contribution in [0.15, 0.2) is 0 Å². The molecule has 0 unspecified atom stereocenters. The van der Waals surface area contributed by atoms with Crippen molar-refractivity contribution in [3.05, 3.63) is 0 Å². The fraction of sp³-hybridized carbons (Fsp3) is 0.833. The van der Waals surface area contributed by atoms with Crippen LogP contribution in [-0.2, 0) is 28.5 Å². The average Bonchev–Trinajstić information content (AvgIpc) is 2.40. The van der Waals surface area contributed by atoms with E-state index in [0.717, 1.165) is 0 Å². The van der Waals surface area contributed by atoms with Crippen molar-refractivity contribution in [2.24, 2.45) is 0 Å². The molecule has 0 aliphatic heterocycles. The van der Waals surface area contributed by atoms with E-state index in [1.54, 1.807) is 13.2 Å². The molecule has 0 saturated heterocycles. The fourth-order valence-electron chi connectivity index (χ4n) is 1.01. The number of esters is 1. The lowest BCUT2D eigenvalue weighted by Crippen LogP contribution is -2.14. The number of hydrogen-bond acceptors (Lipinski definition) is 7. The smallest absolute Gasteiger partial charge is 0.320 e. The van der Waals surface area contributed by atoms with Crippen molar-refractivity contribution in [3.63, 3.8) is 0 Å². The van der Waals surface area contributed by atoms with Gasteiger partial charge in [-0.25, -0.2) is 0 Å². The van der Waals surface area contributed by atoms with Crippen LogP contribution in [0.4, 0.5) is 0 Å². The Balaban J connectivity index is 3.03. The third-order valence-electron chi connectivity index (χ3n) is 1.89. The Bertz CT molecular complexity index is 253. The second-order valence-electron chi connectivity index (χ2n) is 3.39. The first-order chi connectivity index (χ1) is 9.31. The monoisotopic (exact) mass is 275 g/mol. The summed E-state index contributed by atoms with van der Waals surface area (Å²) in [7, 11) is 1.62. The lowest BCUT2D eigenvalue weighted by Gasteiger charge is -2.06. The summed E-state index contributed by atoms with van der Waals surface area (Å²) >= 11 is 0. The summed E-state index contributed by atoms with van der Waals surface area (Å²) in [5.41, 5.74) is 0. The Labute approximate surface area is 113 Å². The van der Waals surface area contributed by atoms with Crippen LogP contribution in [0, 0.1) is 11.3 Å². The summed E-state index contributed by atoms with van der Waals surface area (Å²) in [6.45, 7) is 3.50. The van der Waals surface area contributed by atoms with Gasteiger partial charge in [-0.15, -0.1) is 0 Å². The second-order valence-corrected chi connectivity index (χ2v) is 3.39. The van der Waals surface area contributed by atoms with Crippen molar-refractivity contribution in [1.29, 1.82) is 5.26 Å². The molecule has 0 aromatic carbocycles. The summed E-state index contributed by atoms with van der Waals surface area (Å²) in [6.07, 6.45) is -0.230. The van der Waals surface area contributed by atoms with Crippen LogP contribution in [0.2, 0.25) is 0 Å². The van der Waals surface area contributed by atoms with E-state index in [2.05, 4.69) is 0 Å². The molecule has 0 aromatic heterocycles. The molecular formula is C12H21NO6. The van der Waals surface area contributed by atoms with E-state index in [0.29, 0.717) is 46.2 Å². The van der Waals surface area contributed by atoms with Gasteiger partial charge in [0.05, 0.1) is 52.3 Å².